The standard InChI is InChI=1S/C32H39N5O6/c1-23-19-25-20-26(12-13-28(25)43-23)33-31(35-32(40)42-18-17-41-22-24-9-3-2-4-10-24)34-27-11-5-6-16-37(30(27)39)21-29(38)36-14-7-8-15-36/h2-4,9-10,12-13,19-20,27H,5-8,11,14-18,21-22H2,1H3,(H2,33,34,35,40)/t27-/m0/s1. The number of fused-ring (bicyclic) bond motifs is 1. The van der Waals surface area contributed by atoms with E-state index in [-0.39, 0.29) is 37.5 Å². The first-order chi connectivity index (χ1) is 20.9. The molecule has 11 heteroatoms. The van der Waals surface area contributed by atoms with Crippen LogP contribution < -0.4 is 10.6 Å². The Kier molecular flexibility index (Phi) is 10.3. The van der Waals surface area contributed by atoms with Crippen molar-refractivity contribution in [1.29, 1.82) is 0 Å². The Bertz CT molecular complexity index is 1430. The molecule has 0 unspecified atom stereocenters. The maximum atomic E-state index is 13.6. The zero-order valence-corrected chi connectivity index (χ0v) is 24.5. The van der Waals surface area contributed by atoms with Gasteiger partial charge < -0.3 is 29.0 Å². The predicted molar refractivity (Wildman–Crippen MR) is 163 cm³/mol. The number of furan rings is 1. The lowest BCUT2D eigenvalue weighted by atomic mass is 10.1. The first-order valence-corrected chi connectivity index (χ1v) is 14.9. The van der Waals surface area contributed by atoms with E-state index in [2.05, 4.69) is 15.6 Å². The third-order valence-electron chi connectivity index (χ3n) is 7.52. The van der Waals surface area contributed by atoms with Crippen molar-refractivity contribution in [2.75, 3.05) is 44.7 Å². The van der Waals surface area contributed by atoms with Gasteiger partial charge >= 0.3 is 6.09 Å². The van der Waals surface area contributed by atoms with Gasteiger partial charge in [-0.15, -0.1) is 0 Å². The van der Waals surface area contributed by atoms with Crippen molar-refractivity contribution in [1.82, 2.24) is 15.1 Å². The van der Waals surface area contributed by atoms with Crippen molar-refractivity contribution in [2.24, 2.45) is 4.99 Å². The Morgan fingerprint density at radius 2 is 1.79 bits per heavy atom. The minimum Gasteiger partial charge on any atom is -0.461 e. The summed E-state index contributed by atoms with van der Waals surface area (Å²) in [5.41, 5.74) is 2.42. The van der Waals surface area contributed by atoms with E-state index in [0.29, 0.717) is 25.3 Å². The van der Waals surface area contributed by atoms with E-state index in [1.807, 2.05) is 60.4 Å². The molecule has 43 heavy (non-hydrogen) atoms. The van der Waals surface area contributed by atoms with Crippen LogP contribution in [0.4, 0.5) is 10.5 Å². The molecule has 2 fully saturated rings. The summed E-state index contributed by atoms with van der Waals surface area (Å²) in [6.45, 7) is 4.57. The van der Waals surface area contributed by atoms with E-state index >= 15 is 0 Å². The lowest BCUT2D eigenvalue weighted by Crippen LogP contribution is -2.45. The summed E-state index contributed by atoms with van der Waals surface area (Å²) >= 11 is 0. The van der Waals surface area contributed by atoms with Gasteiger partial charge in [0.05, 0.1) is 19.8 Å². The summed E-state index contributed by atoms with van der Waals surface area (Å²) in [6.07, 6.45) is 3.31. The van der Waals surface area contributed by atoms with Crippen molar-refractivity contribution >= 4 is 40.5 Å². The average molecular weight is 590 g/mol. The molecule has 3 heterocycles. The summed E-state index contributed by atoms with van der Waals surface area (Å²) in [5.74, 6) is 0.606. The van der Waals surface area contributed by atoms with Gasteiger partial charge in [-0.25, -0.2) is 9.79 Å². The number of carbonyl (C=O) groups is 3. The molecule has 2 aliphatic heterocycles. The smallest absolute Gasteiger partial charge is 0.414 e. The Morgan fingerprint density at radius 1 is 1.00 bits per heavy atom. The molecule has 0 spiro atoms. The Balaban J connectivity index is 1.25. The monoisotopic (exact) mass is 589 g/mol. The first kappa shape index (κ1) is 30.1. The molecule has 2 aromatic carbocycles. The number of rotatable bonds is 9. The zero-order valence-electron chi connectivity index (χ0n) is 24.5. The van der Waals surface area contributed by atoms with Crippen molar-refractivity contribution in [3.8, 4) is 0 Å². The number of nitrogens with one attached hydrogen (secondary N) is 2. The second-order valence-corrected chi connectivity index (χ2v) is 10.9. The Hall–Kier alpha value is -4.38. The fourth-order valence-electron chi connectivity index (χ4n) is 5.32. The maximum Gasteiger partial charge on any atom is 0.414 e. The highest BCUT2D eigenvalue weighted by Gasteiger charge is 2.30. The molecule has 1 atom stereocenters. The van der Waals surface area contributed by atoms with Crippen LogP contribution in [0.15, 0.2) is 64.0 Å². The lowest BCUT2D eigenvalue weighted by Gasteiger charge is -2.25. The number of nitrogens with zero attached hydrogens (tertiary/aromatic N) is 3. The van der Waals surface area contributed by atoms with E-state index in [1.165, 1.54) is 0 Å². The highest BCUT2D eigenvalue weighted by molar-refractivity contribution is 6.04. The number of guanidine groups is 1. The number of benzene rings is 2. The van der Waals surface area contributed by atoms with Gasteiger partial charge in [0, 0.05) is 30.7 Å². The van der Waals surface area contributed by atoms with E-state index < -0.39 is 12.1 Å². The molecule has 1 aromatic heterocycles. The number of alkyl carbamates (subject to hydrolysis) is 1. The maximum absolute atomic E-state index is 13.6. The first-order valence-electron chi connectivity index (χ1n) is 14.9. The van der Waals surface area contributed by atoms with Gasteiger partial charge in [-0.1, -0.05) is 30.3 Å². The fourth-order valence-corrected chi connectivity index (χ4v) is 5.32. The quantitative estimate of drug-likeness (QED) is 0.215. The molecule has 3 aromatic rings. The fraction of sp³-hybridized carbons (Fsp3) is 0.438. The molecule has 2 saturated heterocycles. The number of amides is 3. The molecule has 3 amide bonds. The highest BCUT2D eigenvalue weighted by atomic mass is 16.6. The van der Waals surface area contributed by atoms with Gasteiger partial charge in [-0.2, -0.15) is 0 Å². The van der Waals surface area contributed by atoms with Gasteiger partial charge in [-0.05, 0) is 68.9 Å². The summed E-state index contributed by atoms with van der Waals surface area (Å²) < 4.78 is 16.6. The van der Waals surface area contributed by atoms with Crippen molar-refractivity contribution < 1.29 is 28.3 Å². The number of ether oxygens (including phenoxy) is 2. The molecular formula is C32H39N5O6. The molecule has 0 radical (unpaired) electrons. The summed E-state index contributed by atoms with van der Waals surface area (Å²) in [7, 11) is 0. The van der Waals surface area contributed by atoms with Crippen LogP contribution in [0.25, 0.3) is 11.0 Å². The third-order valence-corrected chi connectivity index (χ3v) is 7.52. The second kappa shape index (κ2) is 14.7. The SMILES string of the molecule is Cc1cc2cc(NC(=N[C@H]3CCCCN(CC(=O)N4CCCC4)C3=O)NC(=O)OCCOCc3ccccc3)ccc2o1. The summed E-state index contributed by atoms with van der Waals surface area (Å²) in [4.78, 5) is 47.2. The number of aliphatic imine (C=N–C) groups is 1. The van der Waals surface area contributed by atoms with Crippen LogP contribution >= 0.6 is 0 Å². The largest absolute Gasteiger partial charge is 0.461 e. The van der Waals surface area contributed by atoms with Crippen molar-refractivity contribution in [3.05, 3.63) is 65.9 Å². The van der Waals surface area contributed by atoms with Crippen LogP contribution in [0.5, 0.6) is 0 Å². The van der Waals surface area contributed by atoms with Crippen molar-refractivity contribution in [3.63, 3.8) is 0 Å². The minimum absolute atomic E-state index is 0.0336. The summed E-state index contributed by atoms with van der Waals surface area (Å²) in [5, 5.41) is 6.70. The van der Waals surface area contributed by atoms with E-state index in [4.69, 9.17) is 13.9 Å². The molecule has 0 saturated carbocycles. The van der Waals surface area contributed by atoms with Crippen LogP contribution in [0, 0.1) is 6.92 Å². The van der Waals surface area contributed by atoms with Crippen LogP contribution in [0.3, 0.4) is 0 Å². The molecule has 11 nitrogen and oxygen atoms in total. The van der Waals surface area contributed by atoms with E-state index in [0.717, 1.165) is 61.1 Å². The van der Waals surface area contributed by atoms with E-state index in [1.54, 1.807) is 11.0 Å². The molecular weight excluding hydrogens is 550 g/mol. The predicted octanol–water partition coefficient (Wildman–Crippen LogP) is 4.46. The van der Waals surface area contributed by atoms with Crippen LogP contribution in [-0.4, -0.2) is 79.1 Å². The van der Waals surface area contributed by atoms with Gasteiger partial charge in [0.2, 0.25) is 17.8 Å². The third kappa shape index (κ3) is 8.57. The minimum atomic E-state index is -0.759. The molecule has 228 valence electrons. The van der Waals surface area contributed by atoms with Gasteiger partial charge in [0.1, 0.15) is 24.0 Å². The van der Waals surface area contributed by atoms with Crippen LogP contribution in [-0.2, 0) is 25.7 Å². The molecule has 0 aliphatic carbocycles. The molecule has 2 N–H and O–H groups in total. The van der Waals surface area contributed by atoms with E-state index in [9.17, 15) is 14.4 Å². The van der Waals surface area contributed by atoms with Crippen LogP contribution in [0.1, 0.15) is 43.4 Å². The number of carbonyl (C=O) groups excluding carboxylic acids is 3. The summed E-state index contributed by atoms with van der Waals surface area (Å²) in [6, 6.07) is 16.4. The second-order valence-electron chi connectivity index (χ2n) is 10.9. The van der Waals surface area contributed by atoms with Gasteiger partial charge in [0.25, 0.3) is 0 Å². The average Bonchev–Trinajstić information content (AvgIpc) is 3.63. The van der Waals surface area contributed by atoms with Crippen molar-refractivity contribution in [2.45, 2.75) is 51.7 Å². The topological polar surface area (TPSA) is 126 Å². The Morgan fingerprint density at radius 3 is 2.60 bits per heavy atom. The number of anilines is 1. The van der Waals surface area contributed by atoms with Crippen LogP contribution in [0.2, 0.25) is 0 Å². The molecule has 2 aliphatic rings. The molecule has 0 bridgehead atoms. The lowest BCUT2D eigenvalue weighted by molar-refractivity contribution is -0.140. The Labute approximate surface area is 251 Å². The normalized spacial score (nSPS) is 17.7. The number of hydrogen-bond donors (Lipinski definition) is 2. The number of likely N-dealkylation sites (tertiary alicyclic amines) is 2. The number of aryl methyl sites for hydroxylation is 1. The van der Waals surface area contributed by atoms with Gasteiger partial charge in [-0.3, -0.25) is 14.9 Å². The molecule has 5 rings (SSSR count). The van der Waals surface area contributed by atoms with Gasteiger partial charge in [0.15, 0.2) is 0 Å². The number of hydrogen-bond acceptors (Lipinski definition) is 7. The highest BCUT2D eigenvalue weighted by Crippen LogP contribution is 2.23. The zero-order chi connectivity index (χ0) is 30.0.